The highest BCUT2D eigenvalue weighted by Crippen LogP contribution is 2.28. The van der Waals surface area contributed by atoms with Gasteiger partial charge in [0.25, 0.3) is 0 Å². The van der Waals surface area contributed by atoms with Gasteiger partial charge in [-0.05, 0) is 19.9 Å². The molecule has 0 unspecified atom stereocenters. The third kappa shape index (κ3) is 1.86. The van der Waals surface area contributed by atoms with Crippen molar-refractivity contribution < 1.29 is 4.74 Å². The zero-order valence-corrected chi connectivity index (χ0v) is 9.60. The lowest BCUT2D eigenvalue weighted by molar-refractivity contribution is 0.0643. The molecule has 2 rings (SSSR count). The molecule has 0 N–H and O–H groups in total. The highest BCUT2D eigenvalue weighted by molar-refractivity contribution is 5.59. The normalized spacial score (nSPS) is 19.2. The third-order valence-electron chi connectivity index (χ3n) is 2.86. The first-order valence-electron chi connectivity index (χ1n) is 5.35. The largest absolute Gasteiger partial charge is 0.377 e. The Morgan fingerprint density at radius 1 is 1.56 bits per heavy atom. The lowest BCUT2D eigenvalue weighted by Gasteiger charge is -2.43. The van der Waals surface area contributed by atoms with Crippen LogP contribution < -0.4 is 4.90 Å². The van der Waals surface area contributed by atoms with Gasteiger partial charge >= 0.3 is 0 Å². The Morgan fingerprint density at radius 2 is 2.38 bits per heavy atom. The van der Waals surface area contributed by atoms with Crippen molar-refractivity contribution in [2.24, 2.45) is 0 Å². The van der Waals surface area contributed by atoms with E-state index >= 15 is 0 Å². The summed E-state index contributed by atoms with van der Waals surface area (Å²) in [5.41, 5.74) is 1.48. The standard InChI is InChI=1S/C12H15N3O/c1-12(2)9-16-6-5-15(12)11-8-14-4-3-10(11)7-13/h3-4,8H,5-6,9H2,1-2H3. The molecule has 0 saturated carbocycles. The average Bonchev–Trinajstić information content (AvgIpc) is 2.28. The summed E-state index contributed by atoms with van der Waals surface area (Å²) in [6.45, 7) is 6.39. The number of hydrogen-bond acceptors (Lipinski definition) is 4. The van der Waals surface area contributed by atoms with E-state index < -0.39 is 0 Å². The monoisotopic (exact) mass is 217 g/mol. The minimum absolute atomic E-state index is 0.0904. The molecule has 4 heteroatoms. The average molecular weight is 217 g/mol. The van der Waals surface area contributed by atoms with Gasteiger partial charge in [0, 0.05) is 12.7 Å². The molecule has 84 valence electrons. The highest BCUT2D eigenvalue weighted by atomic mass is 16.5. The number of morpholine rings is 1. The van der Waals surface area contributed by atoms with Crippen LogP contribution in [0.3, 0.4) is 0 Å². The summed E-state index contributed by atoms with van der Waals surface area (Å²) in [4.78, 5) is 6.30. The lowest BCUT2D eigenvalue weighted by Crippen LogP contribution is -2.53. The third-order valence-corrected chi connectivity index (χ3v) is 2.86. The number of nitriles is 1. The molecule has 1 aliphatic rings. The molecule has 0 aromatic carbocycles. The zero-order chi connectivity index (χ0) is 11.6. The number of pyridine rings is 1. The fourth-order valence-corrected chi connectivity index (χ4v) is 2.00. The summed E-state index contributed by atoms with van der Waals surface area (Å²) in [5.74, 6) is 0. The van der Waals surface area contributed by atoms with Crippen LogP contribution in [0, 0.1) is 11.3 Å². The minimum atomic E-state index is -0.0904. The molecule has 1 aromatic heterocycles. The van der Waals surface area contributed by atoms with E-state index in [0.717, 1.165) is 12.2 Å². The molecule has 0 spiro atoms. The zero-order valence-electron chi connectivity index (χ0n) is 9.60. The predicted octanol–water partition coefficient (Wildman–Crippen LogP) is 1.57. The Morgan fingerprint density at radius 3 is 3.06 bits per heavy atom. The number of nitrogens with zero attached hydrogens (tertiary/aromatic N) is 3. The minimum Gasteiger partial charge on any atom is -0.377 e. The SMILES string of the molecule is CC1(C)COCCN1c1cnccc1C#N. The van der Waals surface area contributed by atoms with Gasteiger partial charge in [-0.25, -0.2) is 0 Å². The maximum Gasteiger partial charge on any atom is 0.101 e. The van der Waals surface area contributed by atoms with Crippen LogP contribution in [0.2, 0.25) is 0 Å². The number of anilines is 1. The van der Waals surface area contributed by atoms with Gasteiger partial charge in [0.2, 0.25) is 0 Å². The van der Waals surface area contributed by atoms with Gasteiger partial charge in [-0.3, -0.25) is 4.98 Å². The second-order valence-corrected chi connectivity index (χ2v) is 4.52. The molecule has 0 amide bonds. The summed E-state index contributed by atoms with van der Waals surface area (Å²) in [6.07, 6.45) is 3.40. The van der Waals surface area contributed by atoms with E-state index in [0.29, 0.717) is 18.8 Å². The first-order chi connectivity index (χ1) is 7.65. The summed E-state index contributed by atoms with van der Waals surface area (Å²) >= 11 is 0. The Balaban J connectivity index is 2.39. The Kier molecular flexibility index (Phi) is 2.80. The molecule has 2 heterocycles. The van der Waals surface area contributed by atoms with Crippen LogP contribution in [0.15, 0.2) is 18.5 Å². The van der Waals surface area contributed by atoms with Crippen LogP contribution in [-0.4, -0.2) is 30.3 Å². The number of aromatic nitrogens is 1. The molecular weight excluding hydrogens is 202 g/mol. The van der Waals surface area contributed by atoms with E-state index in [1.165, 1.54) is 0 Å². The summed E-state index contributed by atoms with van der Waals surface area (Å²) in [6, 6.07) is 3.96. The molecule has 0 bridgehead atoms. The first kappa shape index (κ1) is 10.9. The predicted molar refractivity (Wildman–Crippen MR) is 61.2 cm³/mol. The van der Waals surface area contributed by atoms with Crippen LogP contribution >= 0.6 is 0 Å². The smallest absolute Gasteiger partial charge is 0.101 e. The molecule has 0 atom stereocenters. The number of ether oxygens (including phenoxy) is 1. The Bertz CT molecular complexity index is 423. The molecule has 0 radical (unpaired) electrons. The summed E-state index contributed by atoms with van der Waals surface area (Å²) in [5, 5.41) is 9.08. The van der Waals surface area contributed by atoms with Crippen molar-refractivity contribution in [2.45, 2.75) is 19.4 Å². The van der Waals surface area contributed by atoms with E-state index in [9.17, 15) is 0 Å². The van der Waals surface area contributed by atoms with Gasteiger partial charge in [-0.15, -0.1) is 0 Å². The van der Waals surface area contributed by atoms with Crippen molar-refractivity contribution in [2.75, 3.05) is 24.7 Å². The van der Waals surface area contributed by atoms with Crippen LogP contribution in [0.25, 0.3) is 0 Å². The van der Waals surface area contributed by atoms with Gasteiger partial charge in [0.15, 0.2) is 0 Å². The number of rotatable bonds is 1. The van der Waals surface area contributed by atoms with Crippen molar-refractivity contribution in [3.05, 3.63) is 24.0 Å². The van der Waals surface area contributed by atoms with E-state index in [2.05, 4.69) is 29.8 Å². The summed E-state index contributed by atoms with van der Waals surface area (Å²) < 4.78 is 5.46. The van der Waals surface area contributed by atoms with Crippen molar-refractivity contribution in [3.8, 4) is 6.07 Å². The molecular formula is C12H15N3O. The van der Waals surface area contributed by atoms with Crippen molar-refractivity contribution in [1.29, 1.82) is 5.26 Å². The Labute approximate surface area is 95.5 Å². The molecule has 1 aromatic rings. The van der Waals surface area contributed by atoms with Crippen LogP contribution in [0.1, 0.15) is 19.4 Å². The van der Waals surface area contributed by atoms with Crippen LogP contribution in [-0.2, 0) is 4.74 Å². The molecule has 1 saturated heterocycles. The molecule has 16 heavy (non-hydrogen) atoms. The van der Waals surface area contributed by atoms with E-state index in [1.807, 2.05) is 0 Å². The topological polar surface area (TPSA) is 49.1 Å². The lowest BCUT2D eigenvalue weighted by atomic mass is 10.0. The van der Waals surface area contributed by atoms with Crippen molar-refractivity contribution >= 4 is 5.69 Å². The first-order valence-corrected chi connectivity index (χ1v) is 5.35. The maximum absolute atomic E-state index is 9.08. The summed E-state index contributed by atoms with van der Waals surface area (Å²) in [7, 11) is 0. The van der Waals surface area contributed by atoms with Gasteiger partial charge < -0.3 is 9.64 Å². The van der Waals surface area contributed by atoms with Crippen LogP contribution in [0.5, 0.6) is 0 Å². The van der Waals surface area contributed by atoms with Crippen LogP contribution in [0.4, 0.5) is 5.69 Å². The van der Waals surface area contributed by atoms with E-state index in [4.69, 9.17) is 10.00 Å². The van der Waals surface area contributed by atoms with Gasteiger partial charge in [-0.2, -0.15) is 5.26 Å². The molecule has 0 aliphatic carbocycles. The van der Waals surface area contributed by atoms with E-state index in [-0.39, 0.29) is 5.54 Å². The second kappa shape index (κ2) is 4.11. The van der Waals surface area contributed by atoms with Gasteiger partial charge in [-0.1, -0.05) is 0 Å². The quantitative estimate of drug-likeness (QED) is 0.716. The second-order valence-electron chi connectivity index (χ2n) is 4.52. The van der Waals surface area contributed by atoms with Gasteiger partial charge in [0.1, 0.15) is 6.07 Å². The fraction of sp³-hybridized carbons (Fsp3) is 0.500. The van der Waals surface area contributed by atoms with Crippen molar-refractivity contribution in [1.82, 2.24) is 4.98 Å². The Hall–Kier alpha value is -1.60. The highest BCUT2D eigenvalue weighted by Gasteiger charge is 2.31. The number of hydrogen-bond donors (Lipinski definition) is 0. The van der Waals surface area contributed by atoms with E-state index in [1.54, 1.807) is 18.5 Å². The van der Waals surface area contributed by atoms with Crippen molar-refractivity contribution in [3.63, 3.8) is 0 Å². The molecule has 1 aliphatic heterocycles. The molecule has 1 fully saturated rings. The fourth-order valence-electron chi connectivity index (χ4n) is 2.00. The molecule has 4 nitrogen and oxygen atoms in total. The van der Waals surface area contributed by atoms with Gasteiger partial charge in [0.05, 0.1) is 36.2 Å². The maximum atomic E-state index is 9.08.